The lowest BCUT2D eigenvalue weighted by Crippen LogP contribution is -2.42. The first kappa shape index (κ1) is 14.4. The van der Waals surface area contributed by atoms with Gasteiger partial charge in [0.1, 0.15) is 5.82 Å². The monoisotopic (exact) mass is 274 g/mol. The topological polar surface area (TPSA) is 78.4 Å². The van der Waals surface area contributed by atoms with E-state index in [4.69, 9.17) is 16.7 Å². The number of nitrogens with one attached hydrogen (secondary N) is 2. The first-order valence-corrected chi connectivity index (χ1v) is 5.49. The summed E-state index contributed by atoms with van der Waals surface area (Å²) >= 11 is 5.52. The second-order valence-corrected chi connectivity index (χ2v) is 4.05. The number of amides is 2. The Morgan fingerprint density at radius 3 is 2.67 bits per heavy atom. The van der Waals surface area contributed by atoms with E-state index < -0.39 is 23.7 Å². The Morgan fingerprint density at radius 1 is 1.44 bits per heavy atom. The molecule has 18 heavy (non-hydrogen) atoms. The van der Waals surface area contributed by atoms with E-state index in [-0.39, 0.29) is 17.3 Å². The quantitative estimate of drug-likeness (QED) is 0.717. The molecule has 5 nitrogen and oxygen atoms in total. The van der Waals surface area contributed by atoms with Crippen molar-refractivity contribution < 1.29 is 19.1 Å². The van der Waals surface area contributed by atoms with Crippen molar-refractivity contribution in [1.29, 1.82) is 0 Å². The Morgan fingerprint density at radius 2 is 2.11 bits per heavy atom. The summed E-state index contributed by atoms with van der Waals surface area (Å²) in [5.41, 5.74) is 0.207. The summed E-state index contributed by atoms with van der Waals surface area (Å²) in [7, 11) is 0. The first-order valence-electron chi connectivity index (χ1n) is 5.11. The fourth-order valence-corrected chi connectivity index (χ4v) is 1.28. The number of hydrogen-bond donors (Lipinski definition) is 3. The molecule has 2 amide bonds. The van der Waals surface area contributed by atoms with Crippen molar-refractivity contribution in [3.8, 4) is 0 Å². The molecule has 0 radical (unpaired) electrons. The van der Waals surface area contributed by atoms with Crippen LogP contribution in [0.25, 0.3) is 0 Å². The van der Waals surface area contributed by atoms with E-state index in [9.17, 15) is 14.0 Å². The SMILES string of the molecule is CC(CO)NC(=O)C(=O)Nc1ccc(F)c(Cl)c1. The minimum atomic E-state index is -0.919. The third-order valence-electron chi connectivity index (χ3n) is 2.04. The molecule has 0 bridgehead atoms. The number of hydrogen-bond acceptors (Lipinski definition) is 3. The molecule has 0 saturated carbocycles. The van der Waals surface area contributed by atoms with E-state index in [1.807, 2.05) is 0 Å². The van der Waals surface area contributed by atoms with Gasteiger partial charge < -0.3 is 15.7 Å². The highest BCUT2D eigenvalue weighted by molar-refractivity contribution is 6.40. The van der Waals surface area contributed by atoms with Crippen LogP contribution < -0.4 is 10.6 Å². The zero-order chi connectivity index (χ0) is 13.7. The summed E-state index contributed by atoms with van der Waals surface area (Å²) in [4.78, 5) is 22.7. The number of anilines is 1. The van der Waals surface area contributed by atoms with Crippen LogP contribution in [0.1, 0.15) is 6.92 Å². The van der Waals surface area contributed by atoms with Crippen molar-refractivity contribution in [2.75, 3.05) is 11.9 Å². The molecule has 1 rings (SSSR count). The lowest BCUT2D eigenvalue weighted by atomic mass is 10.3. The molecule has 1 aromatic carbocycles. The van der Waals surface area contributed by atoms with Crippen LogP contribution in [0.3, 0.4) is 0 Å². The lowest BCUT2D eigenvalue weighted by Gasteiger charge is -2.10. The van der Waals surface area contributed by atoms with Gasteiger partial charge in [0.05, 0.1) is 11.6 Å². The normalized spacial score (nSPS) is 11.8. The Balaban J connectivity index is 2.64. The van der Waals surface area contributed by atoms with Crippen molar-refractivity contribution in [2.45, 2.75) is 13.0 Å². The molecule has 0 fully saturated rings. The Labute approximate surface area is 108 Å². The van der Waals surface area contributed by atoms with Crippen molar-refractivity contribution >= 4 is 29.1 Å². The van der Waals surface area contributed by atoms with Gasteiger partial charge in [-0.3, -0.25) is 9.59 Å². The number of carbonyl (C=O) groups excluding carboxylic acids is 2. The maximum absolute atomic E-state index is 12.9. The average molecular weight is 275 g/mol. The van der Waals surface area contributed by atoms with Gasteiger partial charge in [0.15, 0.2) is 0 Å². The molecular weight excluding hydrogens is 263 g/mol. The third kappa shape index (κ3) is 3.97. The van der Waals surface area contributed by atoms with Gasteiger partial charge in [-0.2, -0.15) is 0 Å². The summed E-state index contributed by atoms with van der Waals surface area (Å²) in [6.07, 6.45) is 0. The summed E-state index contributed by atoms with van der Waals surface area (Å²) < 4.78 is 12.9. The Hall–Kier alpha value is -1.66. The lowest BCUT2D eigenvalue weighted by molar-refractivity contribution is -0.136. The molecule has 1 unspecified atom stereocenters. The van der Waals surface area contributed by atoms with E-state index in [1.54, 1.807) is 6.92 Å². The van der Waals surface area contributed by atoms with Gasteiger partial charge in [0.25, 0.3) is 0 Å². The highest BCUT2D eigenvalue weighted by atomic mass is 35.5. The molecule has 0 aliphatic rings. The predicted molar refractivity (Wildman–Crippen MR) is 64.7 cm³/mol. The molecule has 0 aliphatic heterocycles. The molecule has 0 spiro atoms. The molecule has 1 atom stereocenters. The molecule has 0 heterocycles. The van der Waals surface area contributed by atoms with Gasteiger partial charge in [-0.1, -0.05) is 11.6 Å². The number of rotatable bonds is 3. The van der Waals surface area contributed by atoms with E-state index in [1.165, 1.54) is 12.1 Å². The van der Waals surface area contributed by atoms with Gasteiger partial charge in [-0.05, 0) is 25.1 Å². The summed E-state index contributed by atoms with van der Waals surface area (Å²) in [6, 6.07) is 3.02. The van der Waals surface area contributed by atoms with Gasteiger partial charge in [-0.15, -0.1) is 0 Å². The summed E-state index contributed by atoms with van der Waals surface area (Å²) in [5, 5.41) is 13.1. The second kappa shape index (κ2) is 6.32. The van der Waals surface area contributed by atoms with Crippen LogP contribution in [0.5, 0.6) is 0 Å². The number of carbonyl (C=O) groups is 2. The molecule has 7 heteroatoms. The molecular formula is C11H12ClFN2O3. The van der Waals surface area contributed by atoms with E-state index >= 15 is 0 Å². The van der Waals surface area contributed by atoms with Crippen molar-refractivity contribution in [2.24, 2.45) is 0 Å². The zero-order valence-corrected chi connectivity index (χ0v) is 10.3. The van der Waals surface area contributed by atoms with Crippen molar-refractivity contribution in [3.05, 3.63) is 29.0 Å². The van der Waals surface area contributed by atoms with Crippen LogP contribution in [0.4, 0.5) is 10.1 Å². The van der Waals surface area contributed by atoms with E-state index in [0.29, 0.717) is 0 Å². The molecule has 0 aromatic heterocycles. The molecule has 0 aliphatic carbocycles. The maximum atomic E-state index is 12.9. The Kier molecular flexibility index (Phi) is 5.06. The average Bonchev–Trinajstić information content (AvgIpc) is 2.33. The summed E-state index contributed by atoms with van der Waals surface area (Å²) in [5.74, 6) is -2.43. The smallest absolute Gasteiger partial charge is 0.313 e. The van der Waals surface area contributed by atoms with Gasteiger partial charge >= 0.3 is 11.8 Å². The second-order valence-electron chi connectivity index (χ2n) is 3.64. The maximum Gasteiger partial charge on any atom is 0.313 e. The van der Waals surface area contributed by atoms with Crippen LogP contribution in [-0.4, -0.2) is 29.6 Å². The number of halogens is 2. The van der Waals surface area contributed by atoms with Crippen molar-refractivity contribution in [1.82, 2.24) is 5.32 Å². The standard InChI is InChI=1S/C11H12ClFN2O3/c1-6(5-16)14-10(17)11(18)15-7-2-3-9(13)8(12)4-7/h2-4,6,16H,5H2,1H3,(H,14,17)(H,15,18). The zero-order valence-electron chi connectivity index (χ0n) is 9.54. The predicted octanol–water partition coefficient (Wildman–Crippen LogP) is 0.915. The highest BCUT2D eigenvalue weighted by Gasteiger charge is 2.16. The molecule has 98 valence electrons. The fourth-order valence-electron chi connectivity index (χ4n) is 1.10. The third-order valence-corrected chi connectivity index (χ3v) is 2.32. The minimum absolute atomic E-state index is 0.156. The Bertz CT molecular complexity index is 468. The van der Waals surface area contributed by atoms with Gasteiger partial charge in [0, 0.05) is 11.7 Å². The van der Waals surface area contributed by atoms with Crippen LogP contribution in [0.2, 0.25) is 5.02 Å². The van der Waals surface area contributed by atoms with Crippen LogP contribution in [0, 0.1) is 5.82 Å². The van der Waals surface area contributed by atoms with E-state index in [0.717, 1.165) is 6.07 Å². The van der Waals surface area contributed by atoms with Crippen LogP contribution >= 0.6 is 11.6 Å². The summed E-state index contributed by atoms with van der Waals surface area (Å²) in [6.45, 7) is 1.27. The first-order chi connectivity index (χ1) is 8.43. The van der Waals surface area contributed by atoms with E-state index in [2.05, 4.69) is 10.6 Å². The van der Waals surface area contributed by atoms with Gasteiger partial charge in [-0.25, -0.2) is 4.39 Å². The molecule has 1 aromatic rings. The number of aliphatic hydroxyl groups excluding tert-OH is 1. The number of aliphatic hydroxyl groups is 1. The highest BCUT2D eigenvalue weighted by Crippen LogP contribution is 2.19. The largest absolute Gasteiger partial charge is 0.394 e. The molecule has 0 saturated heterocycles. The van der Waals surface area contributed by atoms with Crippen molar-refractivity contribution in [3.63, 3.8) is 0 Å². The fraction of sp³-hybridized carbons (Fsp3) is 0.273. The molecule has 3 N–H and O–H groups in total. The van der Waals surface area contributed by atoms with Crippen LogP contribution in [-0.2, 0) is 9.59 Å². The minimum Gasteiger partial charge on any atom is -0.394 e. The van der Waals surface area contributed by atoms with Crippen LogP contribution in [0.15, 0.2) is 18.2 Å². The number of benzene rings is 1. The van der Waals surface area contributed by atoms with Gasteiger partial charge in [0.2, 0.25) is 0 Å².